The maximum atomic E-state index is 5.64. The maximum absolute atomic E-state index is 5.64. The molecule has 0 amide bonds. The van der Waals surface area contributed by atoms with Gasteiger partial charge in [-0.25, -0.2) is 0 Å². The number of hydrogen-bond donors (Lipinski definition) is 1. The van der Waals surface area contributed by atoms with Crippen LogP contribution in [-0.4, -0.2) is 19.3 Å². The van der Waals surface area contributed by atoms with Gasteiger partial charge in [-0.05, 0) is 39.8 Å². The fraction of sp³-hybridized carbons (Fsp3) is 0.538. The summed E-state index contributed by atoms with van der Waals surface area (Å²) >= 11 is 0. The van der Waals surface area contributed by atoms with Crippen LogP contribution in [0.2, 0.25) is 0 Å². The van der Waals surface area contributed by atoms with E-state index in [1.165, 1.54) is 0 Å². The van der Waals surface area contributed by atoms with Crippen molar-refractivity contribution in [2.75, 3.05) is 12.4 Å². The predicted molar refractivity (Wildman–Crippen MR) is 67.5 cm³/mol. The first-order valence-corrected chi connectivity index (χ1v) is 5.64. The molecule has 0 unspecified atom stereocenters. The Hall–Kier alpha value is -1.38. The highest BCUT2D eigenvalue weighted by atomic mass is 16.5. The molecule has 1 rings (SSSR count). The lowest BCUT2D eigenvalue weighted by Gasteiger charge is -2.16. The van der Waals surface area contributed by atoms with Crippen molar-refractivity contribution in [1.29, 1.82) is 0 Å². The van der Waals surface area contributed by atoms with Crippen LogP contribution in [0.5, 0.6) is 11.5 Å². The number of nitrogens with one attached hydrogen (secondary N) is 1. The minimum atomic E-state index is 0.151. The zero-order valence-electron chi connectivity index (χ0n) is 10.7. The predicted octanol–water partition coefficient (Wildman–Crippen LogP) is 3.30. The average Bonchev–Trinajstić information content (AvgIpc) is 2.18. The molecule has 0 saturated heterocycles. The Kier molecular flexibility index (Phi) is 4.47. The van der Waals surface area contributed by atoms with Crippen molar-refractivity contribution in [2.24, 2.45) is 0 Å². The molecule has 0 saturated carbocycles. The molecule has 0 aliphatic rings. The SMILES string of the molecule is COc1cc(NC(C)C)ccc1OC(C)C. The van der Waals surface area contributed by atoms with Crippen molar-refractivity contribution >= 4 is 5.69 Å². The van der Waals surface area contributed by atoms with Crippen molar-refractivity contribution in [3.05, 3.63) is 18.2 Å². The zero-order valence-corrected chi connectivity index (χ0v) is 10.7. The third-order valence-corrected chi connectivity index (χ3v) is 1.98. The second-order valence-electron chi connectivity index (χ2n) is 4.33. The number of ether oxygens (including phenoxy) is 2. The molecule has 3 heteroatoms. The van der Waals surface area contributed by atoms with E-state index in [2.05, 4.69) is 19.2 Å². The van der Waals surface area contributed by atoms with E-state index in [0.717, 1.165) is 17.2 Å². The van der Waals surface area contributed by atoms with Crippen LogP contribution in [0.4, 0.5) is 5.69 Å². The third-order valence-electron chi connectivity index (χ3n) is 1.98. The molecule has 1 N–H and O–H groups in total. The Morgan fingerprint density at radius 3 is 2.25 bits per heavy atom. The van der Waals surface area contributed by atoms with E-state index in [9.17, 15) is 0 Å². The standard InChI is InChI=1S/C13H21NO2/c1-9(2)14-11-6-7-12(16-10(3)4)13(8-11)15-5/h6-10,14H,1-5H3. The van der Waals surface area contributed by atoms with Crippen LogP contribution in [0.15, 0.2) is 18.2 Å². The van der Waals surface area contributed by atoms with Crippen molar-refractivity contribution in [1.82, 2.24) is 0 Å². The van der Waals surface area contributed by atoms with E-state index in [-0.39, 0.29) is 6.10 Å². The van der Waals surface area contributed by atoms with Gasteiger partial charge < -0.3 is 14.8 Å². The molecule has 0 aromatic heterocycles. The molecule has 0 spiro atoms. The van der Waals surface area contributed by atoms with Crippen LogP contribution in [-0.2, 0) is 0 Å². The lowest BCUT2D eigenvalue weighted by atomic mass is 10.2. The summed E-state index contributed by atoms with van der Waals surface area (Å²) in [5.74, 6) is 1.55. The summed E-state index contributed by atoms with van der Waals surface area (Å²) in [5, 5.41) is 3.32. The molecule has 90 valence electrons. The van der Waals surface area contributed by atoms with Gasteiger partial charge in [0.25, 0.3) is 0 Å². The summed E-state index contributed by atoms with van der Waals surface area (Å²) < 4.78 is 10.9. The van der Waals surface area contributed by atoms with Crippen LogP contribution >= 0.6 is 0 Å². The highest BCUT2D eigenvalue weighted by molar-refractivity contribution is 5.55. The summed E-state index contributed by atoms with van der Waals surface area (Å²) in [4.78, 5) is 0. The number of rotatable bonds is 5. The van der Waals surface area contributed by atoms with E-state index in [1.54, 1.807) is 7.11 Å². The number of anilines is 1. The lowest BCUT2D eigenvalue weighted by molar-refractivity contribution is 0.230. The molecule has 1 aromatic rings. The van der Waals surface area contributed by atoms with Gasteiger partial charge in [-0.2, -0.15) is 0 Å². The van der Waals surface area contributed by atoms with Crippen molar-refractivity contribution in [3.63, 3.8) is 0 Å². The molecule has 0 aliphatic carbocycles. The first-order valence-electron chi connectivity index (χ1n) is 5.64. The Labute approximate surface area is 97.8 Å². The molecular formula is C13H21NO2. The zero-order chi connectivity index (χ0) is 12.1. The fourth-order valence-electron chi connectivity index (χ4n) is 1.44. The summed E-state index contributed by atoms with van der Waals surface area (Å²) in [5.41, 5.74) is 1.04. The van der Waals surface area contributed by atoms with E-state index in [4.69, 9.17) is 9.47 Å². The Bertz CT molecular complexity index is 335. The van der Waals surface area contributed by atoms with Gasteiger partial charge in [-0.3, -0.25) is 0 Å². The van der Waals surface area contributed by atoms with E-state index in [0.29, 0.717) is 6.04 Å². The fourth-order valence-corrected chi connectivity index (χ4v) is 1.44. The van der Waals surface area contributed by atoms with Gasteiger partial charge in [0.05, 0.1) is 13.2 Å². The summed E-state index contributed by atoms with van der Waals surface area (Å²) in [6.45, 7) is 8.20. The Morgan fingerprint density at radius 1 is 1.06 bits per heavy atom. The molecule has 0 aliphatic heterocycles. The van der Waals surface area contributed by atoms with Crippen LogP contribution in [0.3, 0.4) is 0 Å². The van der Waals surface area contributed by atoms with Gasteiger partial charge >= 0.3 is 0 Å². The molecule has 0 fully saturated rings. The number of methoxy groups -OCH3 is 1. The second-order valence-corrected chi connectivity index (χ2v) is 4.33. The van der Waals surface area contributed by atoms with Gasteiger partial charge in [0.15, 0.2) is 11.5 Å². The van der Waals surface area contributed by atoms with Gasteiger partial charge in [-0.1, -0.05) is 0 Å². The van der Waals surface area contributed by atoms with Crippen LogP contribution in [0.1, 0.15) is 27.7 Å². The van der Waals surface area contributed by atoms with Crippen molar-refractivity contribution < 1.29 is 9.47 Å². The minimum absolute atomic E-state index is 0.151. The highest BCUT2D eigenvalue weighted by Crippen LogP contribution is 2.31. The van der Waals surface area contributed by atoms with Gasteiger partial charge in [0, 0.05) is 17.8 Å². The van der Waals surface area contributed by atoms with Gasteiger partial charge in [0.2, 0.25) is 0 Å². The molecule has 0 atom stereocenters. The molecule has 0 bridgehead atoms. The van der Waals surface area contributed by atoms with E-state index < -0.39 is 0 Å². The Balaban J connectivity index is 2.88. The largest absolute Gasteiger partial charge is 0.493 e. The molecule has 1 aromatic carbocycles. The van der Waals surface area contributed by atoms with Crippen molar-refractivity contribution in [3.8, 4) is 11.5 Å². The van der Waals surface area contributed by atoms with Crippen LogP contribution in [0, 0.1) is 0 Å². The molecule has 0 radical (unpaired) electrons. The smallest absolute Gasteiger partial charge is 0.162 e. The van der Waals surface area contributed by atoms with Crippen LogP contribution in [0.25, 0.3) is 0 Å². The molecule has 0 heterocycles. The normalized spacial score (nSPS) is 10.7. The lowest BCUT2D eigenvalue weighted by Crippen LogP contribution is -2.10. The average molecular weight is 223 g/mol. The van der Waals surface area contributed by atoms with Gasteiger partial charge in [-0.15, -0.1) is 0 Å². The van der Waals surface area contributed by atoms with E-state index >= 15 is 0 Å². The van der Waals surface area contributed by atoms with E-state index in [1.807, 2.05) is 32.0 Å². The third kappa shape index (κ3) is 3.65. The number of hydrogen-bond acceptors (Lipinski definition) is 3. The summed E-state index contributed by atoms with van der Waals surface area (Å²) in [7, 11) is 1.65. The Morgan fingerprint density at radius 2 is 1.75 bits per heavy atom. The molecule has 16 heavy (non-hydrogen) atoms. The number of benzene rings is 1. The first kappa shape index (κ1) is 12.7. The van der Waals surface area contributed by atoms with Gasteiger partial charge in [0.1, 0.15) is 0 Å². The second kappa shape index (κ2) is 5.64. The van der Waals surface area contributed by atoms with Crippen LogP contribution < -0.4 is 14.8 Å². The minimum Gasteiger partial charge on any atom is -0.493 e. The monoisotopic (exact) mass is 223 g/mol. The molecular weight excluding hydrogens is 202 g/mol. The highest BCUT2D eigenvalue weighted by Gasteiger charge is 2.07. The summed E-state index contributed by atoms with van der Waals surface area (Å²) in [6, 6.07) is 6.29. The van der Waals surface area contributed by atoms with Crippen molar-refractivity contribution in [2.45, 2.75) is 39.8 Å². The maximum Gasteiger partial charge on any atom is 0.162 e. The quantitative estimate of drug-likeness (QED) is 0.830. The first-order chi connectivity index (χ1) is 7.52. The molecule has 3 nitrogen and oxygen atoms in total. The summed E-state index contributed by atoms with van der Waals surface area (Å²) in [6.07, 6.45) is 0.151. The topological polar surface area (TPSA) is 30.5 Å².